The molecule has 3 heterocycles. The third kappa shape index (κ3) is 5.07. The van der Waals surface area contributed by atoms with Crippen molar-refractivity contribution in [2.75, 3.05) is 31.9 Å². The first-order valence-electron chi connectivity index (χ1n) is 12.8. The van der Waals surface area contributed by atoms with Gasteiger partial charge in [0.15, 0.2) is 5.82 Å². The van der Waals surface area contributed by atoms with Crippen molar-refractivity contribution in [1.82, 2.24) is 14.5 Å². The largest absolute Gasteiger partial charge is 0.382 e. The predicted octanol–water partition coefficient (Wildman–Crippen LogP) is 5.89. The number of hydrogen-bond acceptors (Lipinski definition) is 8. The van der Waals surface area contributed by atoms with Crippen molar-refractivity contribution < 1.29 is 23.1 Å². The maximum atomic E-state index is 13.3. The number of benzene rings is 2. The monoisotopic (exact) mass is 556 g/mol. The Balaban J connectivity index is 1.21. The molecule has 2 N–H and O–H groups in total. The van der Waals surface area contributed by atoms with Crippen molar-refractivity contribution in [3.63, 3.8) is 0 Å². The van der Waals surface area contributed by atoms with E-state index in [4.69, 9.17) is 40.8 Å². The van der Waals surface area contributed by atoms with E-state index >= 15 is 0 Å². The van der Waals surface area contributed by atoms with Gasteiger partial charge < -0.3 is 28.8 Å². The summed E-state index contributed by atoms with van der Waals surface area (Å²) in [5, 5.41) is 1.61. The van der Waals surface area contributed by atoms with Gasteiger partial charge in [-0.1, -0.05) is 41.9 Å². The number of ether oxygens (including phenoxy) is 2. The zero-order valence-corrected chi connectivity index (χ0v) is 22.8. The van der Waals surface area contributed by atoms with Crippen molar-refractivity contribution in [3.05, 3.63) is 64.9 Å². The number of fused-ring (bicyclic) bond motifs is 3. The van der Waals surface area contributed by atoms with E-state index in [1.807, 2.05) is 55.5 Å². The summed E-state index contributed by atoms with van der Waals surface area (Å²) < 4.78 is 39.0. The van der Waals surface area contributed by atoms with Crippen LogP contribution in [-0.2, 0) is 36.2 Å². The third-order valence-corrected chi connectivity index (χ3v) is 8.94. The van der Waals surface area contributed by atoms with Crippen LogP contribution in [0.25, 0.3) is 21.9 Å². The minimum atomic E-state index is -3.39. The third-order valence-electron chi connectivity index (χ3n) is 7.17. The lowest BCUT2D eigenvalue weighted by Gasteiger charge is -2.30. The molecule has 2 aromatic carbocycles. The predicted molar refractivity (Wildman–Crippen MR) is 146 cm³/mol. The van der Waals surface area contributed by atoms with Gasteiger partial charge in [-0.3, -0.25) is 4.57 Å². The molecule has 0 bridgehead atoms. The fourth-order valence-electron chi connectivity index (χ4n) is 4.89. The van der Waals surface area contributed by atoms with Gasteiger partial charge in [0.1, 0.15) is 24.3 Å². The van der Waals surface area contributed by atoms with Crippen LogP contribution in [0.1, 0.15) is 37.1 Å². The van der Waals surface area contributed by atoms with E-state index in [-0.39, 0.29) is 25.5 Å². The normalized spacial score (nSPS) is 22.7. The van der Waals surface area contributed by atoms with Crippen LogP contribution in [0.4, 0.5) is 5.82 Å². The van der Waals surface area contributed by atoms with Gasteiger partial charge in [-0.2, -0.15) is 0 Å². The number of aromatic nitrogens is 3. The molecule has 4 aromatic rings. The van der Waals surface area contributed by atoms with Gasteiger partial charge in [-0.25, -0.2) is 9.97 Å². The lowest BCUT2D eigenvalue weighted by Crippen LogP contribution is -2.26. The average Bonchev–Trinajstić information content (AvgIpc) is 3.60. The number of halogens is 1. The molecule has 2 aromatic heterocycles. The summed E-state index contributed by atoms with van der Waals surface area (Å²) in [5.74, 6) is 1.10. The average molecular weight is 557 g/mol. The van der Waals surface area contributed by atoms with Crippen LogP contribution in [0.5, 0.6) is 0 Å². The van der Waals surface area contributed by atoms with Crippen molar-refractivity contribution >= 4 is 47.0 Å². The number of hydrogen-bond donors (Lipinski definition) is 1. The maximum absolute atomic E-state index is 13.3. The number of para-hydroxylation sites is 1. The fraction of sp³-hybridized carbons (Fsp3) is 0.407. The lowest BCUT2D eigenvalue weighted by atomic mass is 10.0. The smallest absolute Gasteiger partial charge is 0.356 e. The van der Waals surface area contributed by atoms with Crippen LogP contribution in [0, 0.1) is 0 Å². The second-order valence-electron chi connectivity index (χ2n) is 9.87. The minimum Gasteiger partial charge on any atom is -0.382 e. The highest BCUT2D eigenvalue weighted by Gasteiger charge is 2.48. The Morgan fingerprint density at radius 2 is 1.95 bits per heavy atom. The van der Waals surface area contributed by atoms with Crippen LogP contribution >= 0.6 is 19.2 Å². The van der Waals surface area contributed by atoms with Crippen molar-refractivity contribution in [3.8, 4) is 0 Å². The topological polar surface area (TPSA) is 111 Å². The van der Waals surface area contributed by atoms with Gasteiger partial charge in [0, 0.05) is 22.9 Å². The molecule has 1 aliphatic carbocycles. The van der Waals surface area contributed by atoms with Crippen molar-refractivity contribution in [1.29, 1.82) is 0 Å². The van der Waals surface area contributed by atoms with E-state index in [1.54, 1.807) is 0 Å². The summed E-state index contributed by atoms with van der Waals surface area (Å²) >= 11 is 6.12. The number of nitrogen functional groups attached to an aromatic ring is 1. The van der Waals surface area contributed by atoms with Crippen LogP contribution in [0.15, 0.2) is 48.5 Å². The number of rotatable bonds is 9. The number of nitrogens with two attached hydrogens (primary N) is 1. The van der Waals surface area contributed by atoms with Crippen LogP contribution in [0.2, 0.25) is 5.02 Å². The SMILES string of the molecule is CCOCc1nc2c(N)nc3ccccc3c2n1CC1(OCP2(=O)OCC(c3cccc(Cl)c3)CO2)CC1. The van der Waals surface area contributed by atoms with Gasteiger partial charge in [-0.15, -0.1) is 0 Å². The highest BCUT2D eigenvalue weighted by Crippen LogP contribution is 2.55. The number of pyridine rings is 1. The highest BCUT2D eigenvalue weighted by atomic mass is 35.5. The van der Waals surface area contributed by atoms with Gasteiger partial charge in [-0.05, 0) is 43.5 Å². The summed E-state index contributed by atoms with van der Waals surface area (Å²) in [6.07, 6.45) is 1.54. The molecule has 0 atom stereocenters. The molecule has 2 fully saturated rings. The van der Waals surface area contributed by atoms with Gasteiger partial charge >= 0.3 is 7.60 Å². The van der Waals surface area contributed by atoms with E-state index in [9.17, 15) is 4.57 Å². The number of anilines is 1. The molecule has 11 heteroatoms. The molecule has 38 heavy (non-hydrogen) atoms. The standard InChI is InChI=1S/C27H30ClN4O5P/c1-2-34-15-23-31-24-25(21-8-3-4-9-22(21)30-26(24)29)32(23)16-27(10-11-27)35-17-38(33)36-13-19(14-37-38)18-6-5-7-20(28)12-18/h3-9,12,19H,2,10-11,13-17H2,1H3,(H2,29,30). The Labute approximate surface area is 225 Å². The van der Waals surface area contributed by atoms with E-state index in [0.717, 1.165) is 40.6 Å². The summed E-state index contributed by atoms with van der Waals surface area (Å²) in [7, 11) is -3.39. The molecule has 6 rings (SSSR count). The first-order valence-corrected chi connectivity index (χ1v) is 14.9. The summed E-state index contributed by atoms with van der Waals surface area (Å²) in [6, 6.07) is 15.4. The highest BCUT2D eigenvalue weighted by molar-refractivity contribution is 7.53. The summed E-state index contributed by atoms with van der Waals surface area (Å²) in [6.45, 7) is 3.94. The Bertz CT molecular complexity index is 1530. The summed E-state index contributed by atoms with van der Waals surface area (Å²) in [5.41, 5.74) is 9.16. The Morgan fingerprint density at radius 1 is 1.16 bits per heavy atom. The molecule has 2 aliphatic rings. The van der Waals surface area contributed by atoms with Crippen LogP contribution in [0.3, 0.4) is 0 Å². The quantitative estimate of drug-likeness (QED) is 0.254. The number of nitrogens with zero attached hydrogens (tertiary/aromatic N) is 3. The molecule has 1 saturated carbocycles. The van der Waals surface area contributed by atoms with E-state index in [0.29, 0.717) is 36.1 Å². The van der Waals surface area contributed by atoms with E-state index in [2.05, 4.69) is 9.55 Å². The van der Waals surface area contributed by atoms with Crippen molar-refractivity contribution in [2.45, 2.75) is 44.4 Å². The Hall–Kier alpha value is -2.52. The summed E-state index contributed by atoms with van der Waals surface area (Å²) in [4.78, 5) is 9.34. The van der Waals surface area contributed by atoms with Gasteiger partial charge in [0.05, 0.1) is 36.4 Å². The molecule has 200 valence electrons. The fourth-order valence-corrected chi connectivity index (χ4v) is 6.56. The molecular weight excluding hydrogens is 527 g/mol. The molecule has 1 aliphatic heterocycles. The zero-order valence-electron chi connectivity index (χ0n) is 21.1. The van der Waals surface area contributed by atoms with Crippen molar-refractivity contribution in [2.24, 2.45) is 0 Å². The lowest BCUT2D eigenvalue weighted by molar-refractivity contribution is 0.0239. The van der Waals surface area contributed by atoms with E-state index in [1.165, 1.54) is 0 Å². The number of imidazole rings is 1. The maximum Gasteiger partial charge on any atom is 0.356 e. The zero-order chi connectivity index (χ0) is 26.3. The van der Waals surface area contributed by atoms with Crippen LogP contribution in [-0.4, -0.2) is 46.3 Å². The molecule has 0 spiro atoms. The molecule has 0 radical (unpaired) electrons. The molecule has 0 amide bonds. The Kier molecular flexibility index (Phi) is 6.93. The second kappa shape index (κ2) is 10.2. The van der Waals surface area contributed by atoms with Gasteiger partial charge in [0.2, 0.25) is 0 Å². The first kappa shape index (κ1) is 25.7. The van der Waals surface area contributed by atoms with Crippen LogP contribution < -0.4 is 5.73 Å². The minimum absolute atomic E-state index is 0.0311. The Morgan fingerprint density at radius 3 is 2.68 bits per heavy atom. The molecular formula is C27H30ClN4O5P. The molecule has 1 saturated heterocycles. The first-order chi connectivity index (χ1) is 18.4. The van der Waals surface area contributed by atoms with Gasteiger partial charge in [0.25, 0.3) is 0 Å². The van der Waals surface area contributed by atoms with E-state index < -0.39 is 13.2 Å². The molecule has 9 nitrogen and oxygen atoms in total. The second-order valence-corrected chi connectivity index (χ2v) is 12.3. The molecule has 0 unspecified atom stereocenters.